The van der Waals surface area contributed by atoms with Crippen LogP contribution in [-0.4, -0.2) is 0 Å². The zero-order chi connectivity index (χ0) is 45.8. The van der Waals surface area contributed by atoms with E-state index in [9.17, 15) is 0 Å². The van der Waals surface area contributed by atoms with Gasteiger partial charge in [0.1, 0.15) is 0 Å². The number of hydrogen-bond donors (Lipinski definition) is 0. The predicted molar refractivity (Wildman–Crippen MR) is 288 cm³/mol. The van der Waals surface area contributed by atoms with Crippen molar-refractivity contribution in [2.75, 3.05) is 9.80 Å². The van der Waals surface area contributed by atoms with Crippen LogP contribution < -0.4 is 14.5 Å². The van der Waals surface area contributed by atoms with Crippen molar-refractivity contribution in [1.82, 2.24) is 0 Å². The molecule has 3 heteroatoms. The minimum atomic E-state index is -0.130. The maximum Gasteiger partial charge on any atom is 0.151 e. The molecule has 0 spiro atoms. The maximum absolute atomic E-state index is 6.54. The highest BCUT2D eigenvalue weighted by molar-refractivity contribution is 6.24. The van der Waals surface area contributed by atoms with Crippen molar-refractivity contribution < 1.29 is 4.74 Å². The molecule has 1 aliphatic carbocycles. The summed E-state index contributed by atoms with van der Waals surface area (Å²) in [5, 5.41) is 4.78. The molecule has 0 N–H and O–H groups in total. The lowest BCUT2D eigenvalue weighted by molar-refractivity contribution is 0.477. The number of nitrogens with zero attached hydrogens (tertiary/aromatic N) is 2. The van der Waals surface area contributed by atoms with E-state index in [-0.39, 0.29) is 5.41 Å². The SMILES string of the molecule is CC1(C)c2ccccc2-c2ccc(-c3ccccc3-c3c4ccc(N5c6ccccc6Cc6ccccc65)cc4c(-c4ccccc4)c4ccc(N5c6ccccc6Oc6ccccc65)cc34)cc21. The number of ether oxygens (including phenoxy) is 1. The summed E-state index contributed by atoms with van der Waals surface area (Å²) >= 11 is 0. The molecule has 0 saturated heterocycles. The second kappa shape index (κ2) is 15.2. The molecule has 3 aliphatic rings. The van der Waals surface area contributed by atoms with E-state index in [1.807, 2.05) is 12.1 Å². The van der Waals surface area contributed by atoms with Gasteiger partial charge in [-0.2, -0.15) is 0 Å². The Hall–Kier alpha value is -8.66. The van der Waals surface area contributed by atoms with Crippen LogP contribution in [0.4, 0.5) is 34.1 Å². The van der Waals surface area contributed by atoms with Gasteiger partial charge in [0.2, 0.25) is 0 Å². The van der Waals surface area contributed by atoms with Gasteiger partial charge in [-0.1, -0.05) is 178 Å². The van der Waals surface area contributed by atoms with Crippen LogP contribution in [-0.2, 0) is 11.8 Å². The van der Waals surface area contributed by atoms with Gasteiger partial charge in [0.05, 0.1) is 11.4 Å². The molecule has 2 heterocycles. The molecule has 0 fully saturated rings. The molecule has 0 radical (unpaired) electrons. The third kappa shape index (κ3) is 6.00. The summed E-state index contributed by atoms with van der Waals surface area (Å²) in [6.45, 7) is 4.74. The van der Waals surface area contributed by atoms with Crippen LogP contribution in [0, 0.1) is 0 Å². The van der Waals surface area contributed by atoms with Crippen molar-refractivity contribution in [2.45, 2.75) is 25.7 Å². The molecule has 0 unspecified atom stereocenters. The van der Waals surface area contributed by atoms with E-state index >= 15 is 0 Å². The van der Waals surface area contributed by atoms with Crippen LogP contribution in [0.1, 0.15) is 36.1 Å². The standard InChI is InChI=1S/C66H46N2O/c1-66(2)56-25-11-10-23-49(56)50-35-32-43(39-57(50)66)48-22-8-9-24-51(48)65-53-37-34-46(67-58-26-12-6-20-44(58)38-45-21-7-13-27-59(45)67)40-54(53)64(42-18-4-3-5-19-42)52-36-33-47(41-55(52)65)68-60-28-14-16-30-62(60)69-63-31-17-15-29-61(63)68/h3-37,39-41H,38H2,1-2H3. The lowest BCUT2D eigenvalue weighted by Gasteiger charge is -2.34. The van der Waals surface area contributed by atoms with Gasteiger partial charge in [0.15, 0.2) is 11.5 Å². The van der Waals surface area contributed by atoms with Crippen LogP contribution in [0.2, 0.25) is 0 Å². The normalized spacial score (nSPS) is 13.8. The third-order valence-corrected chi connectivity index (χ3v) is 15.0. The number of hydrogen-bond acceptors (Lipinski definition) is 3. The fourth-order valence-electron chi connectivity index (χ4n) is 11.9. The first-order chi connectivity index (χ1) is 34.0. The number of rotatable bonds is 5. The highest BCUT2D eigenvalue weighted by atomic mass is 16.5. The van der Waals surface area contributed by atoms with Crippen LogP contribution >= 0.6 is 0 Å². The molecule has 69 heavy (non-hydrogen) atoms. The fourth-order valence-corrected chi connectivity index (χ4v) is 11.9. The summed E-state index contributed by atoms with van der Waals surface area (Å²) in [4.78, 5) is 4.84. The van der Waals surface area contributed by atoms with E-state index in [1.165, 1.54) is 99.7 Å². The van der Waals surface area contributed by atoms with Gasteiger partial charge < -0.3 is 14.5 Å². The number of anilines is 6. The zero-order valence-electron chi connectivity index (χ0n) is 38.4. The summed E-state index contributed by atoms with van der Waals surface area (Å²) in [6.07, 6.45) is 0.906. The number of benzene rings is 11. The number of fused-ring (bicyclic) bond motifs is 9. The molecule has 3 nitrogen and oxygen atoms in total. The highest BCUT2D eigenvalue weighted by Gasteiger charge is 2.36. The Bertz CT molecular complexity index is 3810. The largest absolute Gasteiger partial charge is 0.453 e. The first-order valence-corrected chi connectivity index (χ1v) is 24.0. The average Bonchev–Trinajstić information content (AvgIpc) is 3.63. The van der Waals surface area contributed by atoms with E-state index < -0.39 is 0 Å². The maximum atomic E-state index is 6.54. The van der Waals surface area contributed by atoms with Gasteiger partial charge in [-0.3, -0.25) is 0 Å². The lowest BCUT2D eigenvalue weighted by atomic mass is 9.80. The quantitative estimate of drug-likeness (QED) is 0.160. The molecular formula is C66H46N2O. The molecule has 0 aromatic heterocycles. The van der Waals surface area contributed by atoms with Crippen LogP contribution in [0.5, 0.6) is 11.5 Å². The molecule has 0 bridgehead atoms. The average molecular weight is 883 g/mol. The van der Waals surface area contributed by atoms with E-state index in [4.69, 9.17) is 4.74 Å². The van der Waals surface area contributed by atoms with Crippen molar-refractivity contribution in [1.29, 1.82) is 0 Å². The summed E-state index contributed by atoms with van der Waals surface area (Å²) in [6, 6.07) is 85.0. The summed E-state index contributed by atoms with van der Waals surface area (Å²) in [5.41, 5.74) is 21.8. The molecule has 2 aliphatic heterocycles. The molecule has 11 aromatic carbocycles. The monoisotopic (exact) mass is 882 g/mol. The summed E-state index contributed by atoms with van der Waals surface area (Å²) in [7, 11) is 0. The van der Waals surface area contributed by atoms with Crippen LogP contribution in [0.25, 0.3) is 66.1 Å². The second-order valence-electron chi connectivity index (χ2n) is 19.2. The molecule has 11 aromatic rings. The van der Waals surface area contributed by atoms with Gasteiger partial charge in [-0.15, -0.1) is 0 Å². The van der Waals surface area contributed by atoms with Crippen molar-refractivity contribution >= 4 is 55.7 Å². The van der Waals surface area contributed by atoms with Crippen molar-refractivity contribution in [3.8, 4) is 56.0 Å². The van der Waals surface area contributed by atoms with Crippen molar-refractivity contribution in [2.24, 2.45) is 0 Å². The molecule has 14 rings (SSSR count). The minimum absolute atomic E-state index is 0.130. The Balaban J connectivity index is 1.08. The predicted octanol–water partition coefficient (Wildman–Crippen LogP) is 18.2. The highest BCUT2D eigenvalue weighted by Crippen LogP contribution is 2.55. The van der Waals surface area contributed by atoms with Gasteiger partial charge in [0, 0.05) is 34.6 Å². The Morgan fingerprint density at radius 3 is 1.51 bits per heavy atom. The van der Waals surface area contributed by atoms with Gasteiger partial charge in [-0.05, 0) is 155 Å². The smallest absolute Gasteiger partial charge is 0.151 e. The second-order valence-corrected chi connectivity index (χ2v) is 19.2. The molecule has 0 saturated carbocycles. The molecule has 326 valence electrons. The topological polar surface area (TPSA) is 15.7 Å². The Morgan fingerprint density at radius 1 is 0.348 bits per heavy atom. The van der Waals surface area contributed by atoms with E-state index in [2.05, 4.69) is 242 Å². The third-order valence-electron chi connectivity index (χ3n) is 15.0. The van der Waals surface area contributed by atoms with Crippen LogP contribution in [0.15, 0.2) is 231 Å². The van der Waals surface area contributed by atoms with Gasteiger partial charge in [0.25, 0.3) is 0 Å². The molecule has 0 atom stereocenters. The van der Waals surface area contributed by atoms with E-state index in [1.54, 1.807) is 0 Å². The lowest BCUT2D eigenvalue weighted by Crippen LogP contribution is -2.18. The fraction of sp³-hybridized carbons (Fsp3) is 0.0606. The van der Waals surface area contributed by atoms with E-state index in [0.717, 1.165) is 40.7 Å². The van der Waals surface area contributed by atoms with Gasteiger partial charge in [-0.25, -0.2) is 0 Å². The van der Waals surface area contributed by atoms with Crippen molar-refractivity contribution in [3.63, 3.8) is 0 Å². The summed E-state index contributed by atoms with van der Waals surface area (Å²) in [5.74, 6) is 1.67. The molecular weight excluding hydrogens is 837 g/mol. The van der Waals surface area contributed by atoms with Crippen molar-refractivity contribution in [3.05, 3.63) is 253 Å². The van der Waals surface area contributed by atoms with E-state index in [0.29, 0.717) is 0 Å². The summed E-state index contributed by atoms with van der Waals surface area (Å²) < 4.78 is 6.54. The van der Waals surface area contributed by atoms with Gasteiger partial charge >= 0.3 is 0 Å². The first kappa shape index (κ1) is 39.5. The number of para-hydroxylation sites is 6. The minimum Gasteiger partial charge on any atom is -0.453 e. The Labute approximate surface area is 402 Å². The zero-order valence-corrected chi connectivity index (χ0v) is 38.4. The Kier molecular flexibility index (Phi) is 8.69. The Morgan fingerprint density at radius 2 is 0.841 bits per heavy atom. The van der Waals surface area contributed by atoms with Crippen LogP contribution in [0.3, 0.4) is 0 Å². The molecule has 0 amide bonds. The first-order valence-electron chi connectivity index (χ1n) is 24.0.